The number of ether oxygens (including phenoxy) is 1. The average Bonchev–Trinajstić information content (AvgIpc) is 2.69. The molecule has 2 nitrogen and oxygen atoms in total. The summed E-state index contributed by atoms with van der Waals surface area (Å²) in [5.41, 5.74) is -0.230. The predicted molar refractivity (Wildman–Crippen MR) is 65.3 cm³/mol. The fourth-order valence-electron chi connectivity index (χ4n) is 3.01. The van der Waals surface area contributed by atoms with Gasteiger partial charge in [-0.25, -0.2) is 0 Å². The number of hydrogen-bond donors (Lipinski definition) is 1. The summed E-state index contributed by atoms with van der Waals surface area (Å²) >= 11 is 5.86. The minimum absolute atomic E-state index is 0.0178. The number of benzene rings is 1. The molecule has 1 aromatic rings. The van der Waals surface area contributed by atoms with Gasteiger partial charge in [0.15, 0.2) is 0 Å². The van der Waals surface area contributed by atoms with E-state index in [0.29, 0.717) is 18.7 Å². The van der Waals surface area contributed by atoms with Gasteiger partial charge < -0.3 is 10.1 Å². The normalized spacial score (nSPS) is 30.1. The SMILES string of the molecule is CC12CNCC1c1cc(Cl)cc(C(F)(F)F)c1CO2. The highest BCUT2D eigenvalue weighted by atomic mass is 35.5. The number of nitrogens with one attached hydrogen (secondary N) is 1. The lowest BCUT2D eigenvalue weighted by atomic mass is 9.80. The summed E-state index contributed by atoms with van der Waals surface area (Å²) in [5.74, 6) is -0.0870. The lowest BCUT2D eigenvalue weighted by Gasteiger charge is -2.38. The molecule has 2 heterocycles. The van der Waals surface area contributed by atoms with Crippen LogP contribution in [0.3, 0.4) is 0 Å². The minimum Gasteiger partial charge on any atom is -0.369 e. The summed E-state index contributed by atoms with van der Waals surface area (Å²) in [6.45, 7) is 3.16. The minimum atomic E-state index is -4.40. The van der Waals surface area contributed by atoms with Crippen LogP contribution in [0.25, 0.3) is 0 Å². The van der Waals surface area contributed by atoms with Crippen molar-refractivity contribution in [3.63, 3.8) is 0 Å². The smallest absolute Gasteiger partial charge is 0.369 e. The molecule has 0 bridgehead atoms. The first kappa shape index (κ1) is 13.2. The van der Waals surface area contributed by atoms with E-state index in [1.807, 2.05) is 6.92 Å². The third-order valence-electron chi connectivity index (χ3n) is 4.04. The highest BCUT2D eigenvalue weighted by Crippen LogP contribution is 2.46. The fraction of sp³-hybridized carbons (Fsp3) is 0.538. The lowest BCUT2D eigenvalue weighted by Crippen LogP contribution is -2.40. The molecule has 104 valence electrons. The van der Waals surface area contributed by atoms with Gasteiger partial charge in [0.1, 0.15) is 0 Å². The van der Waals surface area contributed by atoms with E-state index in [2.05, 4.69) is 5.32 Å². The van der Waals surface area contributed by atoms with E-state index in [0.717, 1.165) is 6.07 Å². The largest absolute Gasteiger partial charge is 0.416 e. The summed E-state index contributed by atoms with van der Waals surface area (Å²) in [6, 6.07) is 2.62. The van der Waals surface area contributed by atoms with Gasteiger partial charge in [0.2, 0.25) is 0 Å². The Hall–Kier alpha value is -0.780. The molecule has 2 aliphatic heterocycles. The molecule has 2 unspecified atom stereocenters. The molecule has 0 aromatic heterocycles. The van der Waals surface area contributed by atoms with Crippen molar-refractivity contribution >= 4 is 11.6 Å². The third-order valence-corrected chi connectivity index (χ3v) is 4.26. The Balaban J connectivity index is 2.18. The molecule has 6 heteroatoms. The molecule has 1 aromatic carbocycles. The van der Waals surface area contributed by atoms with Crippen molar-refractivity contribution in [2.24, 2.45) is 0 Å². The number of halogens is 4. The molecule has 1 saturated heterocycles. The van der Waals surface area contributed by atoms with Crippen LogP contribution in [-0.4, -0.2) is 18.7 Å². The van der Waals surface area contributed by atoms with Gasteiger partial charge in [-0.05, 0) is 30.2 Å². The Morgan fingerprint density at radius 3 is 2.84 bits per heavy atom. The van der Waals surface area contributed by atoms with Crippen LogP contribution in [0.5, 0.6) is 0 Å². The first-order chi connectivity index (χ1) is 8.81. The number of alkyl halides is 3. The monoisotopic (exact) mass is 291 g/mol. The maximum atomic E-state index is 13.1. The Labute approximate surface area is 113 Å². The van der Waals surface area contributed by atoms with Crippen molar-refractivity contribution in [3.05, 3.63) is 33.8 Å². The van der Waals surface area contributed by atoms with Crippen molar-refractivity contribution in [2.75, 3.05) is 13.1 Å². The van der Waals surface area contributed by atoms with E-state index >= 15 is 0 Å². The molecule has 0 saturated carbocycles. The topological polar surface area (TPSA) is 21.3 Å². The number of rotatable bonds is 0. The van der Waals surface area contributed by atoms with Gasteiger partial charge in [0, 0.05) is 24.0 Å². The number of hydrogen-bond acceptors (Lipinski definition) is 2. The van der Waals surface area contributed by atoms with Gasteiger partial charge in [-0.3, -0.25) is 0 Å². The first-order valence-corrected chi connectivity index (χ1v) is 6.43. The van der Waals surface area contributed by atoms with Crippen LogP contribution in [0.15, 0.2) is 12.1 Å². The molecule has 19 heavy (non-hydrogen) atoms. The molecule has 1 fully saturated rings. The summed E-state index contributed by atoms with van der Waals surface area (Å²) in [4.78, 5) is 0. The van der Waals surface area contributed by atoms with E-state index < -0.39 is 17.3 Å². The average molecular weight is 292 g/mol. The number of fused-ring (bicyclic) bond motifs is 3. The molecule has 2 aliphatic rings. The molecule has 0 aliphatic carbocycles. The van der Waals surface area contributed by atoms with Crippen molar-refractivity contribution in [3.8, 4) is 0 Å². The molecule has 0 radical (unpaired) electrons. The van der Waals surface area contributed by atoms with Crippen molar-refractivity contribution in [2.45, 2.75) is 31.2 Å². The predicted octanol–water partition coefficient (Wildman–Crippen LogP) is 3.33. The maximum absolute atomic E-state index is 13.1. The lowest BCUT2D eigenvalue weighted by molar-refractivity contribution is -0.140. The van der Waals surface area contributed by atoms with Crippen LogP contribution in [0, 0.1) is 0 Å². The van der Waals surface area contributed by atoms with E-state index in [4.69, 9.17) is 16.3 Å². The van der Waals surface area contributed by atoms with Crippen LogP contribution >= 0.6 is 11.6 Å². The second kappa shape index (κ2) is 4.11. The second-order valence-corrected chi connectivity index (χ2v) is 5.74. The van der Waals surface area contributed by atoms with Gasteiger partial charge >= 0.3 is 6.18 Å². The Morgan fingerprint density at radius 1 is 1.42 bits per heavy atom. The van der Waals surface area contributed by atoms with Crippen LogP contribution in [0.2, 0.25) is 5.02 Å². The quantitative estimate of drug-likeness (QED) is 0.791. The first-order valence-electron chi connectivity index (χ1n) is 6.05. The van der Waals surface area contributed by atoms with Crippen LogP contribution in [0.4, 0.5) is 13.2 Å². The van der Waals surface area contributed by atoms with Gasteiger partial charge in [0.05, 0.1) is 17.8 Å². The molecule has 1 N–H and O–H groups in total. The van der Waals surface area contributed by atoms with Crippen LogP contribution in [-0.2, 0) is 17.5 Å². The highest BCUT2D eigenvalue weighted by molar-refractivity contribution is 6.30. The molecular weight excluding hydrogens is 279 g/mol. The second-order valence-electron chi connectivity index (χ2n) is 5.30. The van der Waals surface area contributed by atoms with E-state index in [1.54, 1.807) is 6.07 Å². The molecule has 2 atom stereocenters. The highest BCUT2D eigenvalue weighted by Gasteiger charge is 2.47. The molecule has 0 spiro atoms. The zero-order valence-electron chi connectivity index (χ0n) is 10.3. The van der Waals surface area contributed by atoms with Crippen molar-refractivity contribution in [1.82, 2.24) is 5.32 Å². The summed E-state index contributed by atoms with van der Waals surface area (Å²) in [7, 11) is 0. The summed E-state index contributed by atoms with van der Waals surface area (Å²) < 4.78 is 44.9. The third kappa shape index (κ3) is 2.04. The Bertz CT molecular complexity index is 531. The molecule has 0 amide bonds. The molecule has 3 rings (SSSR count). The fourth-order valence-corrected chi connectivity index (χ4v) is 3.24. The Morgan fingerprint density at radius 2 is 2.16 bits per heavy atom. The van der Waals surface area contributed by atoms with Crippen molar-refractivity contribution in [1.29, 1.82) is 0 Å². The Kier molecular flexibility index (Phi) is 2.86. The van der Waals surface area contributed by atoms with Gasteiger partial charge in [-0.15, -0.1) is 0 Å². The van der Waals surface area contributed by atoms with Crippen LogP contribution in [0.1, 0.15) is 29.5 Å². The van der Waals surface area contributed by atoms with E-state index in [1.165, 1.54) is 0 Å². The van der Waals surface area contributed by atoms with Gasteiger partial charge in [-0.1, -0.05) is 11.6 Å². The molecular formula is C13H13ClF3NO. The standard InChI is InChI=1S/C13H13ClF3NO/c1-12-6-18-4-11(12)8-2-7(14)3-10(13(15,16)17)9(8)5-19-12/h2-3,11,18H,4-6H2,1H3. The van der Waals surface area contributed by atoms with Crippen LogP contribution < -0.4 is 5.32 Å². The zero-order chi connectivity index (χ0) is 13.8. The van der Waals surface area contributed by atoms with Crippen molar-refractivity contribution < 1.29 is 17.9 Å². The maximum Gasteiger partial charge on any atom is 0.416 e. The summed E-state index contributed by atoms with van der Waals surface area (Å²) in [5, 5.41) is 3.30. The zero-order valence-corrected chi connectivity index (χ0v) is 11.0. The van der Waals surface area contributed by atoms with E-state index in [-0.39, 0.29) is 23.1 Å². The van der Waals surface area contributed by atoms with Gasteiger partial charge in [0.25, 0.3) is 0 Å². The summed E-state index contributed by atoms with van der Waals surface area (Å²) in [6.07, 6.45) is -4.40. The van der Waals surface area contributed by atoms with Gasteiger partial charge in [-0.2, -0.15) is 13.2 Å². The van der Waals surface area contributed by atoms with E-state index in [9.17, 15) is 13.2 Å².